The number of aryl methyl sites for hydroxylation is 1. The lowest BCUT2D eigenvalue weighted by Crippen LogP contribution is -2.36. The van der Waals surface area contributed by atoms with Gasteiger partial charge in [-0.15, -0.1) is 0 Å². The fourth-order valence-electron chi connectivity index (χ4n) is 4.59. The maximum atomic E-state index is 12.2. The van der Waals surface area contributed by atoms with E-state index in [4.69, 9.17) is 14.8 Å². The van der Waals surface area contributed by atoms with Crippen molar-refractivity contribution in [2.45, 2.75) is 44.4 Å². The summed E-state index contributed by atoms with van der Waals surface area (Å²) in [5.74, 6) is 0.245. The Bertz CT molecular complexity index is 1180. The third-order valence-corrected chi connectivity index (χ3v) is 6.59. The zero-order valence-electron chi connectivity index (χ0n) is 20.6. The van der Waals surface area contributed by atoms with E-state index in [0.717, 1.165) is 41.0 Å². The second-order valence-corrected chi connectivity index (χ2v) is 9.07. The molecule has 36 heavy (non-hydrogen) atoms. The Morgan fingerprint density at radius 3 is 2.50 bits per heavy atom. The van der Waals surface area contributed by atoms with Crippen LogP contribution in [0.3, 0.4) is 0 Å². The molecular weight excluding hydrogens is 458 g/mol. The number of carbonyl (C=O) groups is 2. The molecule has 1 saturated heterocycles. The first-order valence-corrected chi connectivity index (χ1v) is 12.1. The lowest BCUT2D eigenvalue weighted by Gasteiger charge is -2.29. The second kappa shape index (κ2) is 11.6. The summed E-state index contributed by atoms with van der Waals surface area (Å²) in [6, 6.07) is 13.9. The largest absolute Gasteiger partial charge is 0.469 e. The SMILES string of the molecule is COC(=O)CC(Cc1ccccc1)c1nc(Nc2ccc(C3CCN(C(=O)O)CC3)nc2)ncc1C. The van der Waals surface area contributed by atoms with E-state index in [2.05, 4.69) is 15.3 Å². The molecule has 0 saturated carbocycles. The first-order chi connectivity index (χ1) is 17.4. The standard InChI is InChI=1S/C27H31N5O4/c1-18-16-29-26(31-25(18)21(15-24(33)36-2)14-19-6-4-3-5-7-19)30-22-8-9-23(28-17-22)20-10-12-32(13-11-20)27(34)35/h3-9,16-17,20-21H,10-15H2,1-2H3,(H,34,35)(H,29,30,31). The van der Waals surface area contributed by atoms with Crippen molar-refractivity contribution in [1.29, 1.82) is 0 Å². The van der Waals surface area contributed by atoms with E-state index in [0.29, 0.717) is 25.5 Å². The van der Waals surface area contributed by atoms with E-state index in [1.807, 2.05) is 49.4 Å². The maximum Gasteiger partial charge on any atom is 0.407 e. The van der Waals surface area contributed by atoms with Crippen molar-refractivity contribution in [3.63, 3.8) is 0 Å². The first kappa shape index (κ1) is 25.1. The lowest BCUT2D eigenvalue weighted by molar-refractivity contribution is -0.141. The van der Waals surface area contributed by atoms with Crippen LogP contribution in [0.2, 0.25) is 0 Å². The van der Waals surface area contributed by atoms with Crippen molar-refractivity contribution in [3.8, 4) is 0 Å². The van der Waals surface area contributed by atoms with Crippen LogP contribution in [0.5, 0.6) is 0 Å². The van der Waals surface area contributed by atoms with Gasteiger partial charge in [0.2, 0.25) is 5.95 Å². The highest BCUT2D eigenvalue weighted by molar-refractivity contribution is 5.70. The number of likely N-dealkylation sites (tertiary alicyclic amines) is 1. The molecule has 1 fully saturated rings. The molecule has 1 aliphatic rings. The summed E-state index contributed by atoms with van der Waals surface area (Å²) < 4.78 is 4.95. The molecule has 0 radical (unpaired) electrons. The van der Waals surface area contributed by atoms with Gasteiger partial charge in [-0.2, -0.15) is 0 Å². The predicted octanol–water partition coefficient (Wildman–Crippen LogP) is 4.67. The van der Waals surface area contributed by atoms with Crippen LogP contribution < -0.4 is 5.32 Å². The molecule has 2 N–H and O–H groups in total. The summed E-state index contributed by atoms with van der Waals surface area (Å²) in [5.41, 5.74) is 4.54. The molecule has 1 amide bonds. The van der Waals surface area contributed by atoms with Gasteiger partial charge in [-0.3, -0.25) is 9.78 Å². The van der Waals surface area contributed by atoms with E-state index in [1.165, 1.54) is 12.0 Å². The summed E-state index contributed by atoms with van der Waals surface area (Å²) in [7, 11) is 1.40. The predicted molar refractivity (Wildman–Crippen MR) is 135 cm³/mol. The number of nitrogens with zero attached hydrogens (tertiary/aromatic N) is 4. The van der Waals surface area contributed by atoms with E-state index >= 15 is 0 Å². The van der Waals surface area contributed by atoms with E-state index in [9.17, 15) is 9.59 Å². The van der Waals surface area contributed by atoms with Gasteiger partial charge < -0.3 is 20.1 Å². The van der Waals surface area contributed by atoms with Crippen LogP contribution in [0.4, 0.5) is 16.4 Å². The molecule has 9 heteroatoms. The summed E-state index contributed by atoms with van der Waals surface area (Å²) in [6.07, 6.45) is 5.05. The third kappa shape index (κ3) is 6.35. The number of esters is 1. The van der Waals surface area contributed by atoms with Gasteiger partial charge in [0, 0.05) is 36.8 Å². The zero-order chi connectivity index (χ0) is 25.5. The number of carbonyl (C=O) groups excluding carboxylic acids is 1. The number of hydrogen-bond donors (Lipinski definition) is 2. The highest BCUT2D eigenvalue weighted by atomic mass is 16.5. The molecule has 1 unspecified atom stereocenters. The molecule has 0 spiro atoms. The molecule has 188 valence electrons. The van der Waals surface area contributed by atoms with E-state index < -0.39 is 6.09 Å². The Balaban J connectivity index is 1.48. The number of pyridine rings is 1. The van der Waals surface area contributed by atoms with Crippen molar-refractivity contribution in [3.05, 3.63) is 77.4 Å². The minimum absolute atomic E-state index is 0.152. The highest BCUT2D eigenvalue weighted by Gasteiger charge is 2.24. The number of amides is 1. The molecule has 0 aliphatic carbocycles. The number of anilines is 2. The normalized spacial score (nSPS) is 14.8. The van der Waals surface area contributed by atoms with Gasteiger partial charge in [0.15, 0.2) is 0 Å². The average molecular weight is 490 g/mol. The van der Waals surface area contributed by atoms with Gasteiger partial charge in [0.25, 0.3) is 0 Å². The fraction of sp³-hybridized carbons (Fsp3) is 0.370. The molecule has 4 rings (SSSR count). The van der Waals surface area contributed by atoms with Gasteiger partial charge in [-0.1, -0.05) is 30.3 Å². The van der Waals surface area contributed by atoms with Crippen molar-refractivity contribution < 1.29 is 19.4 Å². The van der Waals surface area contributed by atoms with Crippen molar-refractivity contribution in [2.24, 2.45) is 0 Å². The monoisotopic (exact) mass is 489 g/mol. The Kier molecular flexibility index (Phi) is 8.10. The van der Waals surface area contributed by atoms with E-state index in [1.54, 1.807) is 12.4 Å². The van der Waals surface area contributed by atoms with Crippen LogP contribution in [0.1, 0.15) is 53.6 Å². The number of carboxylic acid groups (broad SMARTS) is 1. The number of ether oxygens (including phenoxy) is 1. The topological polar surface area (TPSA) is 118 Å². The van der Waals surface area contributed by atoms with E-state index in [-0.39, 0.29) is 24.2 Å². The highest BCUT2D eigenvalue weighted by Crippen LogP contribution is 2.29. The molecular formula is C27H31N5O4. The van der Waals surface area contributed by atoms with Crippen LogP contribution in [0.25, 0.3) is 0 Å². The Labute approximate surface area is 210 Å². The summed E-state index contributed by atoms with van der Waals surface area (Å²) in [6.45, 7) is 3.00. The van der Waals surface area contributed by atoms with Crippen LogP contribution in [-0.2, 0) is 16.0 Å². The first-order valence-electron chi connectivity index (χ1n) is 12.1. The number of nitrogens with one attached hydrogen (secondary N) is 1. The lowest BCUT2D eigenvalue weighted by atomic mass is 9.91. The zero-order valence-corrected chi connectivity index (χ0v) is 20.6. The van der Waals surface area contributed by atoms with Crippen molar-refractivity contribution in [1.82, 2.24) is 19.9 Å². The Morgan fingerprint density at radius 2 is 1.86 bits per heavy atom. The summed E-state index contributed by atoms with van der Waals surface area (Å²) in [5, 5.41) is 12.4. The third-order valence-electron chi connectivity index (χ3n) is 6.59. The van der Waals surface area contributed by atoms with Gasteiger partial charge in [0.05, 0.1) is 31.1 Å². The smallest absolute Gasteiger partial charge is 0.407 e. The Hall–Kier alpha value is -4.01. The molecule has 0 bridgehead atoms. The van der Waals surface area contributed by atoms with Crippen LogP contribution in [0, 0.1) is 6.92 Å². The number of aromatic nitrogens is 3. The fourth-order valence-corrected chi connectivity index (χ4v) is 4.59. The number of piperidine rings is 1. The van der Waals surface area contributed by atoms with Crippen molar-refractivity contribution in [2.75, 3.05) is 25.5 Å². The van der Waals surface area contributed by atoms with Gasteiger partial charge in [0.1, 0.15) is 0 Å². The summed E-state index contributed by atoms with van der Waals surface area (Å²) >= 11 is 0. The average Bonchev–Trinajstić information content (AvgIpc) is 2.90. The number of rotatable bonds is 8. The summed E-state index contributed by atoms with van der Waals surface area (Å²) in [4.78, 5) is 38.6. The van der Waals surface area contributed by atoms with Crippen molar-refractivity contribution >= 4 is 23.7 Å². The number of methoxy groups -OCH3 is 1. The molecule has 1 atom stereocenters. The number of hydrogen-bond acceptors (Lipinski definition) is 7. The second-order valence-electron chi connectivity index (χ2n) is 9.07. The van der Waals surface area contributed by atoms with Gasteiger partial charge in [-0.25, -0.2) is 14.8 Å². The molecule has 3 aromatic rings. The number of benzene rings is 1. The van der Waals surface area contributed by atoms with Gasteiger partial charge >= 0.3 is 12.1 Å². The molecule has 1 aliphatic heterocycles. The molecule has 1 aromatic carbocycles. The molecule has 2 aromatic heterocycles. The molecule has 3 heterocycles. The minimum atomic E-state index is -0.865. The van der Waals surface area contributed by atoms with Crippen LogP contribution >= 0.6 is 0 Å². The Morgan fingerprint density at radius 1 is 1.11 bits per heavy atom. The van der Waals surface area contributed by atoms with Gasteiger partial charge in [-0.05, 0) is 49.4 Å². The maximum absolute atomic E-state index is 12.2. The van der Waals surface area contributed by atoms with Crippen LogP contribution in [0.15, 0.2) is 54.9 Å². The quantitative estimate of drug-likeness (QED) is 0.438. The van der Waals surface area contributed by atoms with Crippen LogP contribution in [-0.4, -0.2) is 57.2 Å². The molecule has 9 nitrogen and oxygen atoms in total. The minimum Gasteiger partial charge on any atom is -0.469 e.